The summed E-state index contributed by atoms with van der Waals surface area (Å²) in [6.45, 7) is 2.12. The van der Waals surface area contributed by atoms with Crippen molar-refractivity contribution < 1.29 is 14.3 Å². The molecule has 0 spiro atoms. The Bertz CT molecular complexity index is 472. The third-order valence-corrected chi connectivity index (χ3v) is 2.34. The predicted molar refractivity (Wildman–Crippen MR) is 66.3 cm³/mol. The van der Waals surface area contributed by atoms with E-state index in [0.29, 0.717) is 11.5 Å². The molecule has 0 saturated carbocycles. The van der Waals surface area contributed by atoms with Crippen molar-refractivity contribution in [2.24, 2.45) is 0 Å². The van der Waals surface area contributed by atoms with E-state index in [0.717, 1.165) is 5.56 Å². The van der Waals surface area contributed by atoms with Crippen LogP contribution >= 0.6 is 0 Å². The van der Waals surface area contributed by atoms with Gasteiger partial charge in [-0.25, -0.2) is 0 Å². The Morgan fingerprint density at radius 2 is 1.88 bits per heavy atom. The molecule has 3 nitrogen and oxygen atoms in total. The Hall–Kier alpha value is -2.03. The van der Waals surface area contributed by atoms with Gasteiger partial charge in [0.1, 0.15) is 0 Å². The van der Waals surface area contributed by atoms with Gasteiger partial charge >= 0.3 is 0 Å². The van der Waals surface area contributed by atoms with Gasteiger partial charge in [-0.1, -0.05) is 30.4 Å². The number of Topliss-reactive ketones (excluding diaryl/α,β-unsaturated/α-hetero) is 1. The lowest BCUT2D eigenvalue weighted by molar-refractivity contribution is -0.122. The fourth-order valence-corrected chi connectivity index (χ4v) is 1.50. The van der Waals surface area contributed by atoms with E-state index in [-0.39, 0.29) is 19.0 Å². The molecule has 0 aromatic heterocycles. The fourth-order valence-electron chi connectivity index (χ4n) is 1.50. The second-order valence-corrected chi connectivity index (χ2v) is 3.71. The van der Waals surface area contributed by atoms with Crippen molar-refractivity contribution in [3.8, 4) is 11.5 Å². The van der Waals surface area contributed by atoms with Crippen molar-refractivity contribution in [2.75, 3.05) is 13.2 Å². The predicted octanol–water partition coefficient (Wildman–Crippen LogP) is 2.62. The van der Waals surface area contributed by atoms with Gasteiger partial charge in [0.05, 0.1) is 0 Å². The average Bonchev–Trinajstić information content (AvgIpc) is 2.52. The van der Waals surface area contributed by atoms with Crippen LogP contribution in [0.15, 0.2) is 36.4 Å². The molecule has 88 valence electrons. The van der Waals surface area contributed by atoms with Crippen LogP contribution in [0.25, 0.3) is 6.08 Å². The monoisotopic (exact) mass is 230 g/mol. The van der Waals surface area contributed by atoms with Crippen LogP contribution < -0.4 is 9.47 Å². The van der Waals surface area contributed by atoms with Crippen LogP contribution in [0.3, 0.4) is 0 Å². The van der Waals surface area contributed by atoms with Crippen molar-refractivity contribution >= 4 is 11.9 Å². The number of fused-ring (bicyclic) bond motifs is 1. The van der Waals surface area contributed by atoms with Crippen LogP contribution in [0, 0.1) is 0 Å². The number of rotatable bonds is 2. The van der Waals surface area contributed by atoms with E-state index in [9.17, 15) is 4.79 Å². The van der Waals surface area contributed by atoms with Crippen LogP contribution in [-0.4, -0.2) is 19.0 Å². The zero-order valence-electron chi connectivity index (χ0n) is 9.68. The Kier molecular flexibility index (Phi) is 3.60. The molecule has 1 aromatic carbocycles. The van der Waals surface area contributed by atoms with E-state index < -0.39 is 0 Å². The molecule has 0 atom stereocenters. The molecule has 17 heavy (non-hydrogen) atoms. The summed E-state index contributed by atoms with van der Waals surface area (Å²) in [6, 6.07) is 5.62. The topological polar surface area (TPSA) is 35.5 Å². The highest BCUT2D eigenvalue weighted by Gasteiger charge is 2.14. The second kappa shape index (κ2) is 5.34. The number of hydrogen-bond acceptors (Lipinski definition) is 3. The van der Waals surface area contributed by atoms with Gasteiger partial charge in [-0.2, -0.15) is 0 Å². The Morgan fingerprint density at radius 1 is 1.12 bits per heavy atom. The van der Waals surface area contributed by atoms with Crippen LogP contribution in [0.5, 0.6) is 11.5 Å². The van der Waals surface area contributed by atoms with E-state index in [1.807, 2.05) is 49.4 Å². The highest BCUT2D eigenvalue weighted by atomic mass is 16.5. The molecule has 3 heteroatoms. The molecule has 0 fully saturated rings. The number of hydrogen-bond donors (Lipinski definition) is 0. The van der Waals surface area contributed by atoms with Crippen molar-refractivity contribution in [1.82, 2.24) is 0 Å². The quantitative estimate of drug-likeness (QED) is 0.733. The van der Waals surface area contributed by atoms with Gasteiger partial charge in [0.15, 0.2) is 24.7 Å². The lowest BCUT2D eigenvalue weighted by atomic mass is 10.2. The van der Waals surface area contributed by atoms with Gasteiger partial charge in [-0.05, 0) is 24.6 Å². The maximum absolute atomic E-state index is 11.2. The summed E-state index contributed by atoms with van der Waals surface area (Å²) in [6.07, 6.45) is 7.82. The summed E-state index contributed by atoms with van der Waals surface area (Å²) in [5.74, 6) is 1.20. The molecule has 2 rings (SSSR count). The number of ketones is 1. The zero-order chi connectivity index (χ0) is 12.1. The fraction of sp³-hybridized carbons (Fsp3) is 0.214. The molecule has 1 aliphatic heterocycles. The average molecular weight is 230 g/mol. The summed E-state index contributed by atoms with van der Waals surface area (Å²) in [7, 11) is 0. The van der Waals surface area contributed by atoms with Gasteiger partial charge in [0, 0.05) is 0 Å². The highest BCUT2D eigenvalue weighted by Crippen LogP contribution is 2.30. The number of benzene rings is 1. The highest BCUT2D eigenvalue weighted by molar-refractivity contribution is 5.82. The molecule has 0 aliphatic carbocycles. The molecule has 1 heterocycles. The van der Waals surface area contributed by atoms with Crippen molar-refractivity contribution in [3.63, 3.8) is 0 Å². The normalized spacial score (nSPS) is 15.5. The number of carbonyl (C=O) groups is 1. The lowest BCUT2D eigenvalue weighted by Crippen LogP contribution is -2.15. The first-order valence-corrected chi connectivity index (χ1v) is 5.50. The summed E-state index contributed by atoms with van der Waals surface area (Å²) >= 11 is 0. The van der Waals surface area contributed by atoms with Crippen molar-refractivity contribution in [2.45, 2.75) is 6.92 Å². The smallest absolute Gasteiger partial charge is 0.207 e. The molecule has 0 unspecified atom stereocenters. The van der Waals surface area contributed by atoms with Gasteiger partial charge in [-0.3, -0.25) is 4.79 Å². The lowest BCUT2D eigenvalue weighted by Gasteiger charge is -2.06. The second-order valence-electron chi connectivity index (χ2n) is 3.71. The van der Waals surface area contributed by atoms with Crippen LogP contribution in [0.2, 0.25) is 0 Å². The maximum atomic E-state index is 11.2. The van der Waals surface area contributed by atoms with Crippen molar-refractivity contribution in [1.29, 1.82) is 0 Å². The third kappa shape index (κ3) is 2.97. The van der Waals surface area contributed by atoms with E-state index in [1.165, 1.54) is 0 Å². The minimum absolute atomic E-state index is 0.0489. The van der Waals surface area contributed by atoms with Gasteiger partial charge < -0.3 is 9.47 Å². The molecule has 0 amide bonds. The Balaban J connectivity index is 2.22. The molecule has 0 bridgehead atoms. The molecular formula is C14H14O3. The minimum Gasteiger partial charge on any atom is -0.482 e. The number of ether oxygens (including phenoxy) is 2. The van der Waals surface area contributed by atoms with E-state index in [1.54, 1.807) is 0 Å². The Labute approximate surface area is 100 Å². The first kappa shape index (κ1) is 11.5. The first-order chi connectivity index (χ1) is 8.29. The van der Waals surface area contributed by atoms with E-state index in [2.05, 4.69) is 0 Å². The summed E-state index contributed by atoms with van der Waals surface area (Å²) in [5, 5.41) is 0. The van der Waals surface area contributed by atoms with Gasteiger partial charge in [-0.15, -0.1) is 0 Å². The third-order valence-electron chi connectivity index (χ3n) is 2.34. The molecule has 0 radical (unpaired) electrons. The summed E-state index contributed by atoms with van der Waals surface area (Å²) in [4.78, 5) is 11.2. The molecular weight excluding hydrogens is 216 g/mol. The minimum atomic E-state index is -0.0489. The molecule has 0 saturated heterocycles. The maximum Gasteiger partial charge on any atom is 0.207 e. The van der Waals surface area contributed by atoms with Crippen molar-refractivity contribution in [3.05, 3.63) is 42.0 Å². The number of carbonyl (C=O) groups excluding carboxylic acids is 1. The van der Waals surface area contributed by atoms with Gasteiger partial charge in [0.2, 0.25) is 5.78 Å². The van der Waals surface area contributed by atoms with Gasteiger partial charge in [0.25, 0.3) is 0 Å². The van der Waals surface area contributed by atoms with Crippen LogP contribution in [-0.2, 0) is 4.79 Å². The van der Waals surface area contributed by atoms with E-state index in [4.69, 9.17) is 9.47 Å². The van der Waals surface area contributed by atoms with E-state index >= 15 is 0 Å². The van der Waals surface area contributed by atoms with Crippen LogP contribution in [0.4, 0.5) is 0 Å². The summed E-state index contributed by atoms with van der Waals surface area (Å²) in [5.41, 5.74) is 1.01. The number of allylic oxidation sites excluding steroid dienone is 3. The standard InChI is InChI=1S/C14H14O3/c1-2-3-4-5-11-6-7-13-14(8-11)17-10-12(15)9-16-13/h2-8H,9-10H2,1H3/b3-2+,5-4+. The molecule has 1 aromatic rings. The molecule has 0 N–H and O–H groups in total. The first-order valence-electron chi connectivity index (χ1n) is 5.50. The zero-order valence-corrected chi connectivity index (χ0v) is 9.68. The summed E-state index contributed by atoms with van der Waals surface area (Å²) < 4.78 is 10.7. The van der Waals surface area contributed by atoms with Crippen LogP contribution in [0.1, 0.15) is 12.5 Å². The largest absolute Gasteiger partial charge is 0.482 e. The SMILES string of the molecule is C/C=C/C=C/c1ccc2c(c1)OCC(=O)CO2. The molecule has 1 aliphatic rings. The Morgan fingerprint density at radius 3 is 2.65 bits per heavy atom.